The fraction of sp³-hybridized carbons (Fsp3) is 0.773. The third kappa shape index (κ3) is 2.17. The van der Waals surface area contributed by atoms with Crippen molar-refractivity contribution in [2.24, 2.45) is 28.6 Å². The molecule has 0 aromatic carbocycles. The lowest BCUT2D eigenvalue weighted by Crippen LogP contribution is -2.59. The van der Waals surface area contributed by atoms with Gasteiger partial charge in [0.15, 0.2) is 0 Å². The predicted octanol–water partition coefficient (Wildman–Crippen LogP) is 3.93. The van der Waals surface area contributed by atoms with Crippen LogP contribution in [0, 0.1) is 28.6 Å². The van der Waals surface area contributed by atoms with Crippen LogP contribution in [-0.2, 0) is 4.79 Å². The summed E-state index contributed by atoms with van der Waals surface area (Å²) in [5.41, 5.74) is 2.73. The SMILES string of the molecule is CC(C)=C1C[C@H]2[C@@H]3CCC4N(C)C(=O)C=C[C@]4(C)[C@@H]3CC[C@]2(C)C1O. The summed E-state index contributed by atoms with van der Waals surface area (Å²) in [6.07, 6.45) is 9.40. The van der Waals surface area contributed by atoms with Crippen molar-refractivity contribution in [3.05, 3.63) is 23.3 Å². The lowest BCUT2D eigenvalue weighted by atomic mass is 9.48. The number of carbonyl (C=O) groups excluding carboxylic acids is 1. The molecular weight excluding hydrogens is 310 g/mol. The number of carbonyl (C=O) groups is 1. The van der Waals surface area contributed by atoms with Crippen LogP contribution in [0.3, 0.4) is 0 Å². The van der Waals surface area contributed by atoms with Crippen LogP contribution < -0.4 is 0 Å². The molecule has 0 radical (unpaired) electrons. The summed E-state index contributed by atoms with van der Waals surface area (Å²) in [5.74, 6) is 2.03. The van der Waals surface area contributed by atoms with Crippen molar-refractivity contribution in [2.75, 3.05) is 7.05 Å². The van der Waals surface area contributed by atoms with Gasteiger partial charge in [0.2, 0.25) is 5.91 Å². The quantitative estimate of drug-likeness (QED) is 0.677. The van der Waals surface area contributed by atoms with Crippen molar-refractivity contribution in [2.45, 2.75) is 71.9 Å². The van der Waals surface area contributed by atoms with Crippen LogP contribution in [0.15, 0.2) is 23.3 Å². The Labute approximate surface area is 152 Å². The molecule has 4 rings (SSSR count). The van der Waals surface area contributed by atoms with E-state index >= 15 is 0 Å². The molecule has 2 unspecified atom stereocenters. The number of hydrogen-bond donors (Lipinski definition) is 1. The summed E-state index contributed by atoms with van der Waals surface area (Å²) in [7, 11) is 1.97. The summed E-state index contributed by atoms with van der Waals surface area (Å²) in [6, 6.07) is 0.338. The topological polar surface area (TPSA) is 40.5 Å². The number of aliphatic hydroxyl groups excluding tert-OH is 1. The third-order valence-electron chi connectivity index (χ3n) is 8.60. The van der Waals surface area contributed by atoms with E-state index < -0.39 is 0 Å². The molecule has 25 heavy (non-hydrogen) atoms. The summed E-state index contributed by atoms with van der Waals surface area (Å²) in [6.45, 7) is 9.01. The number of hydrogen-bond acceptors (Lipinski definition) is 2. The highest BCUT2D eigenvalue weighted by Crippen LogP contribution is 2.65. The molecular formula is C22H33NO2. The number of amides is 1. The molecule has 0 aromatic rings. The fourth-order valence-electron chi connectivity index (χ4n) is 7.03. The van der Waals surface area contributed by atoms with Gasteiger partial charge >= 0.3 is 0 Å². The first-order chi connectivity index (χ1) is 11.7. The van der Waals surface area contributed by atoms with Crippen molar-refractivity contribution in [3.8, 4) is 0 Å². The number of nitrogens with zero attached hydrogens (tertiary/aromatic N) is 1. The average Bonchev–Trinajstić information content (AvgIpc) is 2.83. The second-order valence-electron chi connectivity index (χ2n) is 9.79. The van der Waals surface area contributed by atoms with Crippen molar-refractivity contribution < 1.29 is 9.90 Å². The number of fused-ring (bicyclic) bond motifs is 5. The molecule has 4 aliphatic rings. The van der Waals surface area contributed by atoms with Crippen molar-refractivity contribution in [1.29, 1.82) is 0 Å². The molecule has 3 fully saturated rings. The Morgan fingerprint density at radius 2 is 1.92 bits per heavy atom. The zero-order valence-electron chi connectivity index (χ0n) is 16.4. The maximum absolute atomic E-state index is 12.1. The van der Waals surface area contributed by atoms with Gasteiger partial charge in [0, 0.05) is 23.9 Å². The number of rotatable bonds is 0. The molecule has 138 valence electrons. The fourth-order valence-corrected chi connectivity index (χ4v) is 7.03. The lowest BCUT2D eigenvalue weighted by Gasteiger charge is -2.59. The van der Waals surface area contributed by atoms with Crippen LogP contribution in [0.2, 0.25) is 0 Å². The lowest BCUT2D eigenvalue weighted by molar-refractivity contribution is -0.140. The first-order valence-corrected chi connectivity index (χ1v) is 10.0. The molecule has 1 aliphatic heterocycles. The van der Waals surface area contributed by atoms with E-state index in [2.05, 4.69) is 33.8 Å². The van der Waals surface area contributed by atoms with Gasteiger partial charge in [-0.2, -0.15) is 0 Å². The molecule has 0 aromatic heterocycles. The highest BCUT2D eigenvalue weighted by atomic mass is 16.3. The van der Waals surface area contributed by atoms with Crippen LogP contribution in [-0.4, -0.2) is 35.1 Å². The standard InChI is InChI=1S/C22H33NO2/c1-13(2)15-12-17-14-6-7-18-21(3,11-9-19(24)23(18)5)16(14)8-10-22(17,4)20(15)25/h9,11,14,16-18,20,25H,6-8,10,12H2,1-5H3/t14-,16-,17+,18?,20?,21-,22+/m1/s1. The van der Waals surface area contributed by atoms with Gasteiger partial charge in [0.05, 0.1) is 6.10 Å². The Hall–Kier alpha value is -1.09. The van der Waals surface area contributed by atoms with Gasteiger partial charge in [-0.25, -0.2) is 0 Å². The second-order valence-corrected chi connectivity index (χ2v) is 9.79. The summed E-state index contributed by atoms with van der Waals surface area (Å²) in [4.78, 5) is 14.1. The monoisotopic (exact) mass is 343 g/mol. The molecule has 0 spiro atoms. The predicted molar refractivity (Wildman–Crippen MR) is 99.8 cm³/mol. The number of likely N-dealkylation sites (N-methyl/N-ethyl adjacent to an activating group) is 1. The van der Waals surface area contributed by atoms with Crippen LogP contribution in [0.5, 0.6) is 0 Å². The third-order valence-corrected chi connectivity index (χ3v) is 8.60. The van der Waals surface area contributed by atoms with Gasteiger partial charge in [-0.1, -0.05) is 25.5 Å². The van der Waals surface area contributed by atoms with E-state index in [0.717, 1.165) is 19.3 Å². The number of allylic oxidation sites excluding steroid dienone is 1. The Morgan fingerprint density at radius 1 is 1.20 bits per heavy atom. The van der Waals surface area contributed by atoms with Gasteiger partial charge in [-0.05, 0) is 75.4 Å². The smallest absolute Gasteiger partial charge is 0.246 e. The maximum Gasteiger partial charge on any atom is 0.246 e. The normalized spacial score (nSPS) is 48.9. The molecule has 3 nitrogen and oxygen atoms in total. The van der Waals surface area contributed by atoms with Crippen molar-refractivity contribution in [3.63, 3.8) is 0 Å². The minimum absolute atomic E-state index is 0.0388. The van der Waals surface area contributed by atoms with Crippen LogP contribution in [0.1, 0.15) is 59.8 Å². The highest BCUT2D eigenvalue weighted by molar-refractivity contribution is 5.89. The Kier molecular flexibility index (Phi) is 3.78. The van der Waals surface area contributed by atoms with Gasteiger partial charge < -0.3 is 10.0 Å². The summed E-state index contributed by atoms with van der Waals surface area (Å²) >= 11 is 0. The Morgan fingerprint density at radius 3 is 2.60 bits per heavy atom. The first kappa shape index (κ1) is 17.3. The van der Waals surface area contributed by atoms with E-state index in [1.807, 2.05) is 11.9 Å². The molecule has 3 saturated carbocycles. The van der Waals surface area contributed by atoms with E-state index in [1.54, 1.807) is 6.08 Å². The van der Waals surface area contributed by atoms with E-state index in [1.165, 1.54) is 24.0 Å². The molecule has 3 aliphatic carbocycles. The van der Waals surface area contributed by atoms with Gasteiger partial charge in [0.1, 0.15) is 0 Å². The highest BCUT2D eigenvalue weighted by Gasteiger charge is 2.61. The zero-order chi connectivity index (χ0) is 18.1. The van der Waals surface area contributed by atoms with E-state index in [0.29, 0.717) is 23.8 Å². The Balaban J connectivity index is 1.71. The second kappa shape index (κ2) is 5.45. The Bertz CT molecular complexity index is 661. The maximum atomic E-state index is 12.1. The number of aliphatic hydroxyl groups is 1. The zero-order valence-corrected chi connectivity index (χ0v) is 16.4. The van der Waals surface area contributed by atoms with Crippen molar-refractivity contribution >= 4 is 5.91 Å². The molecule has 0 bridgehead atoms. The summed E-state index contributed by atoms with van der Waals surface area (Å²) in [5, 5.41) is 11.1. The molecule has 7 atom stereocenters. The first-order valence-electron chi connectivity index (χ1n) is 10.0. The van der Waals surface area contributed by atoms with Crippen LogP contribution in [0.4, 0.5) is 0 Å². The van der Waals surface area contributed by atoms with Gasteiger partial charge in [-0.3, -0.25) is 4.79 Å². The minimum atomic E-state index is -0.264. The summed E-state index contributed by atoms with van der Waals surface area (Å²) < 4.78 is 0. The van der Waals surface area contributed by atoms with Crippen LogP contribution >= 0.6 is 0 Å². The van der Waals surface area contributed by atoms with Gasteiger partial charge in [-0.15, -0.1) is 0 Å². The van der Waals surface area contributed by atoms with E-state index in [9.17, 15) is 9.90 Å². The largest absolute Gasteiger partial charge is 0.388 e. The van der Waals surface area contributed by atoms with Gasteiger partial charge in [0.25, 0.3) is 0 Å². The molecule has 1 N–H and O–H groups in total. The van der Waals surface area contributed by atoms with E-state index in [-0.39, 0.29) is 22.8 Å². The molecule has 3 heteroatoms. The van der Waals surface area contributed by atoms with Crippen molar-refractivity contribution in [1.82, 2.24) is 4.90 Å². The van der Waals surface area contributed by atoms with Crippen LogP contribution in [0.25, 0.3) is 0 Å². The molecule has 0 saturated heterocycles. The minimum Gasteiger partial charge on any atom is -0.388 e. The molecule has 1 heterocycles. The average molecular weight is 344 g/mol. The van der Waals surface area contributed by atoms with E-state index in [4.69, 9.17) is 0 Å². The molecule has 1 amide bonds.